The lowest BCUT2D eigenvalue weighted by Crippen LogP contribution is -2.46. The zero-order chi connectivity index (χ0) is 27.4. The fourth-order valence-electron chi connectivity index (χ4n) is 5.21. The number of fused-ring (bicyclic) bond motifs is 1. The molecule has 1 amide bonds. The highest BCUT2D eigenvalue weighted by Gasteiger charge is 2.35. The van der Waals surface area contributed by atoms with Gasteiger partial charge in [-0.1, -0.05) is 58.0 Å². The first-order chi connectivity index (χ1) is 18.1. The van der Waals surface area contributed by atoms with Gasteiger partial charge in [0.2, 0.25) is 0 Å². The SMILES string of the molecule is CC(C)c1c(C(=O)NC(C(=O)OCc2cccc(CN3CCN(C)CC3)c2)C(C)C)ccc2c1B(O)OC2. The summed E-state index contributed by atoms with van der Waals surface area (Å²) in [5, 5.41) is 13.2. The average molecular weight is 521 g/mol. The van der Waals surface area contributed by atoms with Gasteiger partial charge in [0.05, 0.1) is 6.61 Å². The van der Waals surface area contributed by atoms with Crippen molar-refractivity contribution in [2.45, 2.75) is 59.4 Å². The van der Waals surface area contributed by atoms with E-state index in [0.29, 0.717) is 17.6 Å². The second-order valence-electron chi connectivity index (χ2n) is 11.1. The summed E-state index contributed by atoms with van der Waals surface area (Å²) in [6, 6.07) is 10.9. The molecular formula is C29H40BN3O5. The second-order valence-corrected chi connectivity index (χ2v) is 11.1. The summed E-state index contributed by atoms with van der Waals surface area (Å²) < 4.78 is 11.1. The van der Waals surface area contributed by atoms with Crippen molar-refractivity contribution in [3.05, 3.63) is 64.2 Å². The van der Waals surface area contributed by atoms with E-state index in [9.17, 15) is 14.6 Å². The van der Waals surface area contributed by atoms with Crippen LogP contribution in [0.2, 0.25) is 0 Å². The Balaban J connectivity index is 1.40. The lowest BCUT2D eigenvalue weighted by molar-refractivity contribution is -0.148. The van der Waals surface area contributed by atoms with Gasteiger partial charge in [0, 0.05) is 38.3 Å². The van der Waals surface area contributed by atoms with Crippen molar-refractivity contribution >= 4 is 24.5 Å². The first kappa shape index (κ1) is 28.3. The third-order valence-electron chi connectivity index (χ3n) is 7.42. The van der Waals surface area contributed by atoms with E-state index >= 15 is 0 Å². The summed E-state index contributed by atoms with van der Waals surface area (Å²) in [5.74, 6) is -1.00. The second kappa shape index (κ2) is 12.4. The fraction of sp³-hybridized carbons (Fsp3) is 0.517. The van der Waals surface area contributed by atoms with E-state index in [1.165, 1.54) is 5.56 Å². The molecule has 9 heteroatoms. The number of benzene rings is 2. The van der Waals surface area contributed by atoms with Gasteiger partial charge in [-0.05, 0) is 52.7 Å². The molecule has 0 spiro atoms. The highest BCUT2D eigenvalue weighted by atomic mass is 16.5. The molecule has 4 rings (SSSR count). The highest BCUT2D eigenvalue weighted by molar-refractivity contribution is 6.62. The molecule has 2 heterocycles. The van der Waals surface area contributed by atoms with Crippen LogP contribution in [0.3, 0.4) is 0 Å². The molecule has 1 saturated heterocycles. The Bertz CT molecular complexity index is 1150. The topological polar surface area (TPSA) is 91.3 Å². The minimum absolute atomic E-state index is 0.00961. The average Bonchev–Trinajstić information content (AvgIpc) is 3.27. The number of carbonyl (C=O) groups excluding carboxylic acids is 2. The van der Waals surface area contributed by atoms with Gasteiger partial charge in [0.25, 0.3) is 5.91 Å². The van der Waals surface area contributed by atoms with Crippen LogP contribution >= 0.6 is 0 Å². The summed E-state index contributed by atoms with van der Waals surface area (Å²) in [7, 11) is 1.10. The normalized spacial score (nSPS) is 17.1. The predicted octanol–water partition coefficient (Wildman–Crippen LogP) is 2.27. The zero-order valence-electron chi connectivity index (χ0n) is 23.2. The number of likely N-dealkylation sites (N-methyl/N-ethyl adjacent to an activating group) is 1. The van der Waals surface area contributed by atoms with Crippen molar-refractivity contribution in [2.24, 2.45) is 5.92 Å². The van der Waals surface area contributed by atoms with Crippen molar-refractivity contribution < 1.29 is 24.0 Å². The molecule has 0 aromatic heterocycles. The van der Waals surface area contributed by atoms with Gasteiger partial charge in [-0.2, -0.15) is 0 Å². The number of amides is 1. The van der Waals surface area contributed by atoms with E-state index < -0.39 is 19.1 Å². The summed E-state index contributed by atoms with van der Waals surface area (Å²) in [4.78, 5) is 31.3. The van der Waals surface area contributed by atoms with Crippen LogP contribution in [-0.2, 0) is 33.9 Å². The van der Waals surface area contributed by atoms with E-state index in [1.807, 2.05) is 45.9 Å². The number of nitrogens with zero attached hydrogens (tertiary/aromatic N) is 2. The van der Waals surface area contributed by atoms with Gasteiger partial charge < -0.3 is 24.6 Å². The summed E-state index contributed by atoms with van der Waals surface area (Å²) in [6.07, 6.45) is 0. The Hall–Kier alpha value is -2.72. The van der Waals surface area contributed by atoms with E-state index in [-0.39, 0.29) is 24.3 Å². The third-order valence-corrected chi connectivity index (χ3v) is 7.42. The van der Waals surface area contributed by atoms with Gasteiger partial charge in [-0.25, -0.2) is 4.79 Å². The smallest absolute Gasteiger partial charge is 0.459 e. The van der Waals surface area contributed by atoms with Gasteiger partial charge >= 0.3 is 13.1 Å². The third kappa shape index (κ3) is 6.64. The molecule has 8 nitrogen and oxygen atoms in total. The molecule has 0 radical (unpaired) electrons. The minimum atomic E-state index is -1.05. The first-order valence-electron chi connectivity index (χ1n) is 13.6. The Kier molecular flexibility index (Phi) is 9.25. The molecule has 0 aliphatic carbocycles. The molecule has 2 N–H and O–H groups in total. The monoisotopic (exact) mass is 521 g/mol. The lowest BCUT2D eigenvalue weighted by Gasteiger charge is -2.32. The van der Waals surface area contributed by atoms with Crippen LogP contribution in [0.15, 0.2) is 36.4 Å². The van der Waals surface area contributed by atoms with Gasteiger partial charge in [0.1, 0.15) is 12.6 Å². The van der Waals surface area contributed by atoms with Gasteiger partial charge in [-0.15, -0.1) is 0 Å². The number of esters is 1. The maximum atomic E-state index is 13.4. The number of piperazine rings is 1. The molecule has 0 bridgehead atoms. The van der Waals surface area contributed by atoms with Crippen LogP contribution < -0.4 is 10.8 Å². The molecule has 0 saturated carbocycles. The maximum absolute atomic E-state index is 13.4. The lowest BCUT2D eigenvalue weighted by atomic mass is 9.72. The van der Waals surface area contributed by atoms with E-state index in [1.54, 1.807) is 6.07 Å². The fourth-order valence-corrected chi connectivity index (χ4v) is 5.21. The number of ether oxygens (including phenoxy) is 1. The Morgan fingerprint density at radius 1 is 1.08 bits per heavy atom. The Morgan fingerprint density at radius 3 is 2.47 bits per heavy atom. The van der Waals surface area contributed by atoms with Crippen molar-refractivity contribution in [3.8, 4) is 0 Å². The zero-order valence-corrected chi connectivity index (χ0v) is 23.2. The number of carbonyl (C=O) groups is 2. The number of nitrogens with one attached hydrogen (secondary N) is 1. The summed E-state index contributed by atoms with van der Waals surface area (Å²) in [5.41, 5.74) is 4.85. The van der Waals surface area contributed by atoms with E-state index in [4.69, 9.17) is 9.39 Å². The number of hydrogen-bond donors (Lipinski definition) is 2. The molecule has 2 aromatic rings. The maximum Gasteiger partial charge on any atom is 0.492 e. The van der Waals surface area contributed by atoms with Crippen LogP contribution in [0.1, 0.15) is 66.2 Å². The number of hydrogen-bond acceptors (Lipinski definition) is 7. The van der Waals surface area contributed by atoms with Crippen LogP contribution in [0, 0.1) is 5.92 Å². The van der Waals surface area contributed by atoms with Gasteiger partial charge in [0.15, 0.2) is 0 Å². The van der Waals surface area contributed by atoms with E-state index in [0.717, 1.165) is 49.4 Å². The van der Waals surface area contributed by atoms with Crippen molar-refractivity contribution in [1.82, 2.24) is 15.1 Å². The molecule has 1 unspecified atom stereocenters. The molecule has 1 atom stereocenters. The van der Waals surface area contributed by atoms with Crippen molar-refractivity contribution in [1.29, 1.82) is 0 Å². The highest BCUT2D eigenvalue weighted by Crippen LogP contribution is 2.24. The molecular weight excluding hydrogens is 481 g/mol. The Morgan fingerprint density at radius 2 is 1.79 bits per heavy atom. The van der Waals surface area contributed by atoms with Crippen molar-refractivity contribution in [2.75, 3.05) is 33.2 Å². The van der Waals surface area contributed by atoms with Crippen LogP contribution in [0.4, 0.5) is 0 Å². The first-order valence-corrected chi connectivity index (χ1v) is 13.6. The number of rotatable bonds is 9. The van der Waals surface area contributed by atoms with E-state index in [2.05, 4.69) is 34.3 Å². The molecule has 38 heavy (non-hydrogen) atoms. The van der Waals surface area contributed by atoms with Crippen LogP contribution in [-0.4, -0.2) is 73.1 Å². The summed E-state index contributed by atoms with van der Waals surface area (Å²) >= 11 is 0. The van der Waals surface area contributed by atoms with Crippen molar-refractivity contribution in [3.63, 3.8) is 0 Å². The quantitative estimate of drug-likeness (QED) is 0.387. The Labute approximate surface area is 226 Å². The largest absolute Gasteiger partial charge is 0.492 e. The standard InChI is InChI=1S/C29H40BN3O5/c1-19(2)25-24(10-9-23-18-38-30(36)26(23)25)28(34)31-27(20(3)4)29(35)37-17-22-8-6-7-21(15-22)16-33-13-11-32(5)12-14-33/h6-10,15,19-20,27,36H,11-14,16-18H2,1-5H3,(H,31,34). The minimum Gasteiger partial charge on any atom is -0.459 e. The molecule has 2 aliphatic rings. The molecule has 204 valence electrons. The van der Waals surface area contributed by atoms with Gasteiger partial charge in [-0.3, -0.25) is 9.69 Å². The van der Waals surface area contributed by atoms with Crippen LogP contribution in [0.5, 0.6) is 0 Å². The molecule has 2 aromatic carbocycles. The van der Waals surface area contributed by atoms with Crippen LogP contribution in [0.25, 0.3) is 0 Å². The molecule has 2 aliphatic heterocycles. The molecule has 1 fully saturated rings. The summed E-state index contributed by atoms with van der Waals surface area (Å²) in [6.45, 7) is 13.3. The predicted molar refractivity (Wildman–Crippen MR) is 148 cm³/mol.